The first kappa shape index (κ1) is 28.0. The van der Waals surface area contributed by atoms with Crippen LogP contribution in [0.3, 0.4) is 0 Å². The lowest BCUT2D eigenvalue weighted by molar-refractivity contribution is -0.142. The molecule has 14 heteroatoms. The predicted octanol–water partition coefficient (Wildman–Crippen LogP) is 4.61. The summed E-state index contributed by atoms with van der Waals surface area (Å²) < 4.78 is 85.5. The Morgan fingerprint density at radius 3 is 2.27 bits per heavy atom. The van der Waals surface area contributed by atoms with E-state index in [1.54, 1.807) is 0 Å². The number of carbonyl (C=O) groups is 2. The van der Waals surface area contributed by atoms with Gasteiger partial charge < -0.3 is 19.9 Å². The summed E-state index contributed by atoms with van der Waals surface area (Å²) in [7, 11) is 0. The first-order chi connectivity index (χ1) is 17.3. The van der Waals surface area contributed by atoms with E-state index in [0.29, 0.717) is 6.42 Å². The van der Waals surface area contributed by atoms with Gasteiger partial charge in [0.1, 0.15) is 0 Å². The second-order valence-electron chi connectivity index (χ2n) is 8.70. The zero-order valence-electron chi connectivity index (χ0n) is 20.0. The molecule has 8 nitrogen and oxygen atoms in total. The lowest BCUT2D eigenvalue weighted by Crippen LogP contribution is -2.49. The number of nitrogens with one attached hydrogen (secondary N) is 1. The number of aromatic nitrogens is 2. The summed E-state index contributed by atoms with van der Waals surface area (Å²) in [4.78, 5) is 34.6. The van der Waals surface area contributed by atoms with Crippen molar-refractivity contribution < 1.29 is 40.7 Å². The highest BCUT2D eigenvalue weighted by molar-refractivity contribution is 5.96. The average Bonchev–Trinajstić information content (AvgIpc) is 2.82. The molecule has 1 aromatic carbocycles. The van der Waals surface area contributed by atoms with Crippen molar-refractivity contribution in [1.29, 1.82) is 0 Å². The maximum absolute atomic E-state index is 13.6. The Morgan fingerprint density at radius 1 is 1.03 bits per heavy atom. The minimum absolute atomic E-state index is 0.0207. The fraction of sp³-hybridized carbons (Fsp3) is 0.478. The van der Waals surface area contributed by atoms with Crippen LogP contribution in [0.5, 0.6) is 5.75 Å². The van der Waals surface area contributed by atoms with Gasteiger partial charge in [-0.2, -0.15) is 26.3 Å². The minimum Gasteiger partial charge on any atom is -0.406 e. The molecule has 2 amide bonds. The smallest absolute Gasteiger partial charge is 0.406 e. The van der Waals surface area contributed by atoms with Crippen LogP contribution in [-0.4, -0.2) is 59.6 Å². The first-order valence-electron chi connectivity index (χ1n) is 11.4. The summed E-state index contributed by atoms with van der Waals surface area (Å²) in [5.74, 6) is -1.75. The van der Waals surface area contributed by atoms with Crippen LogP contribution >= 0.6 is 0 Å². The van der Waals surface area contributed by atoms with Gasteiger partial charge in [-0.1, -0.05) is 26.0 Å². The fourth-order valence-corrected chi connectivity index (χ4v) is 3.59. The van der Waals surface area contributed by atoms with Crippen LogP contribution < -0.4 is 15.0 Å². The standard InChI is InChI=1S/C23H25F6N5O3/c1-14(2)7-8-30-21(36)37-17-13-31-20(32-18(17)23(27,28)29)34-11-9-33(10-12-34)19(35)15-5-3-4-6-16(15)22(24,25)26/h3-6,13-14H,7-12H2,1-2H3,(H,30,36). The van der Waals surface area contributed by atoms with Gasteiger partial charge in [-0.3, -0.25) is 4.79 Å². The van der Waals surface area contributed by atoms with Crippen LogP contribution in [-0.2, 0) is 12.4 Å². The third-order valence-corrected chi connectivity index (χ3v) is 5.52. The van der Waals surface area contributed by atoms with Gasteiger partial charge in [0, 0.05) is 32.7 Å². The van der Waals surface area contributed by atoms with E-state index in [0.717, 1.165) is 18.3 Å². The molecule has 3 rings (SSSR count). The normalized spacial score (nSPS) is 14.6. The largest absolute Gasteiger partial charge is 0.437 e. The van der Waals surface area contributed by atoms with E-state index in [4.69, 9.17) is 4.74 Å². The number of halogens is 6. The van der Waals surface area contributed by atoms with E-state index in [-0.39, 0.29) is 44.6 Å². The molecule has 2 heterocycles. The van der Waals surface area contributed by atoms with E-state index in [1.807, 2.05) is 13.8 Å². The summed E-state index contributed by atoms with van der Waals surface area (Å²) in [6.07, 6.45) is -9.40. The first-order valence-corrected chi connectivity index (χ1v) is 11.4. The van der Waals surface area contributed by atoms with Crippen molar-refractivity contribution in [3.05, 3.63) is 47.3 Å². The zero-order chi connectivity index (χ0) is 27.4. The van der Waals surface area contributed by atoms with Gasteiger partial charge in [-0.05, 0) is 24.5 Å². The molecule has 0 spiro atoms. The van der Waals surface area contributed by atoms with Gasteiger partial charge in [0.2, 0.25) is 5.95 Å². The number of anilines is 1. The summed E-state index contributed by atoms with van der Waals surface area (Å²) in [6.45, 7) is 3.88. The van der Waals surface area contributed by atoms with Crippen LogP contribution in [0.1, 0.15) is 41.9 Å². The number of alkyl halides is 6. The molecule has 0 atom stereocenters. The molecule has 1 aliphatic heterocycles. The molecule has 202 valence electrons. The molecule has 0 bridgehead atoms. The Kier molecular flexibility index (Phi) is 8.49. The van der Waals surface area contributed by atoms with Crippen molar-refractivity contribution >= 4 is 17.9 Å². The van der Waals surface area contributed by atoms with E-state index < -0.39 is 46.9 Å². The van der Waals surface area contributed by atoms with Crippen LogP contribution in [0, 0.1) is 5.92 Å². The van der Waals surface area contributed by atoms with Crippen LogP contribution in [0.25, 0.3) is 0 Å². The fourth-order valence-electron chi connectivity index (χ4n) is 3.59. The Bertz CT molecular complexity index is 1110. The van der Waals surface area contributed by atoms with E-state index >= 15 is 0 Å². The topological polar surface area (TPSA) is 87.7 Å². The van der Waals surface area contributed by atoms with Crippen LogP contribution in [0.2, 0.25) is 0 Å². The van der Waals surface area contributed by atoms with Crippen molar-refractivity contribution in [3.8, 4) is 5.75 Å². The molecular weight excluding hydrogens is 508 g/mol. The van der Waals surface area contributed by atoms with Gasteiger partial charge >= 0.3 is 18.4 Å². The number of piperazine rings is 1. The minimum atomic E-state index is -4.95. The number of amides is 2. The molecular formula is C23H25F6N5O3. The van der Waals surface area contributed by atoms with Crippen molar-refractivity contribution in [1.82, 2.24) is 20.2 Å². The van der Waals surface area contributed by atoms with Gasteiger partial charge in [-0.25, -0.2) is 14.8 Å². The molecule has 1 aliphatic rings. The number of hydrogen-bond acceptors (Lipinski definition) is 6. The lowest BCUT2D eigenvalue weighted by Gasteiger charge is -2.35. The predicted molar refractivity (Wildman–Crippen MR) is 120 cm³/mol. The highest BCUT2D eigenvalue weighted by Gasteiger charge is 2.39. The summed E-state index contributed by atoms with van der Waals surface area (Å²) in [6, 6.07) is 4.38. The number of rotatable bonds is 6. The quantitative estimate of drug-likeness (QED) is 0.546. The number of nitrogens with zero attached hydrogens (tertiary/aromatic N) is 4. The SMILES string of the molecule is CC(C)CCNC(=O)Oc1cnc(N2CCN(C(=O)c3ccccc3C(F)(F)F)CC2)nc1C(F)(F)F. The Balaban J connectivity index is 1.70. The lowest BCUT2D eigenvalue weighted by atomic mass is 10.1. The van der Waals surface area contributed by atoms with Crippen molar-refractivity contribution in [2.75, 3.05) is 37.6 Å². The van der Waals surface area contributed by atoms with Gasteiger partial charge in [-0.15, -0.1) is 0 Å². The molecule has 37 heavy (non-hydrogen) atoms. The molecule has 0 unspecified atom stereocenters. The number of benzene rings is 1. The molecule has 1 aromatic heterocycles. The Morgan fingerprint density at radius 2 is 1.68 bits per heavy atom. The maximum atomic E-state index is 13.6. The van der Waals surface area contributed by atoms with Crippen molar-refractivity contribution in [3.63, 3.8) is 0 Å². The van der Waals surface area contributed by atoms with Crippen LogP contribution in [0.4, 0.5) is 37.1 Å². The highest BCUT2D eigenvalue weighted by atomic mass is 19.4. The summed E-state index contributed by atoms with van der Waals surface area (Å²) in [5, 5.41) is 2.36. The van der Waals surface area contributed by atoms with E-state index in [2.05, 4.69) is 15.3 Å². The second-order valence-corrected chi connectivity index (χ2v) is 8.70. The maximum Gasteiger partial charge on any atom is 0.437 e. The number of hydrogen-bond donors (Lipinski definition) is 1. The third-order valence-electron chi connectivity index (χ3n) is 5.52. The molecule has 0 saturated carbocycles. The molecule has 2 aromatic rings. The van der Waals surface area contributed by atoms with Crippen LogP contribution in [0.15, 0.2) is 30.5 Å². The van der Waals surface area contributed by atoms with Gasteiger partial charge in [0.25, 0.3) is 5.91 Å². The molecule has 1 N–H and O–H groups in total. The average molecular weight is 533 g/mol. The number of ether oxygens (including phenoxy) is 1. The highest BCUT2D eigenvalue weighted by Crippen LogP contribution is 2.36. The third kappa shape index (κ3) is 7.23. The second kappa shape index (κ2) is 11.2. The molecule has 1 saturated heterocycles. The van der Waals surface area contributed by atoms with Gasteiger partial charge in [0.15, 0.2) is 11.4 Å². The Labute approximate surface area is 208 Å². The molecule has 1 fully saturated rings. The van der Waals surface area contributed by atoms with Crippen molar-refractivity contribution in [2.45, 2.75) is 32.6 Å². The Hall–Kier alpha value is -3.58. The summed E-state index contributed by atoms with van der Waals surface area (Å²) >= 11 is 0. The van der Waals surface area contributed by atoms with Gasteiger partial charge in [0.05, 0.1) is 17.3 Å². The summed E-state index contributed by atoms with van der Waals surface area (Å²) in [5.41, 5.74) is -3.02. The molecule has 0 radical (unpaired) electrons. The molecule has 0 aliphatic carbocycles. The zero-order valence-corrected chi connectivity index (χ0v) is 20.0. The number of carbonyl (C=O) groups excluding carboxylic acids is 2. The monoisotopic (exact) mass is 533 g/mol. The van der Waals surface area contributed by atoms with Crippen molar-refractivity contribution in [2.24, 2.45) is 5.92 Å². The van der Waals surface area contributed by atoms with E-state index in [1.165, 1.54) is 21.9 Å². The van der Waals surface area contributed by atoms with E-state index in [9.17, 15) is 35.9 Å².